The average molecular weight is 252 g/mol. The van der Waals surface area contributed by atoms with E-state index in [9.17, 15) is 4.79 Å². The zero-order chi connectivity index (χ0) is 12.3. The van der Waals surface area contributed by atoms with Gasteiger partial charge in [-0.1, -0.05) is 29.8 Å². The molecule has 1 aliphatic rings. The van der Waals surface area contributed by atoms with E-state index in [-0.39, 0.29) is 5.91 Å². The fraction of sp³-hybridized carbons (Fsp3) is 0.500. The molecule has 1 amide bonds. The smallest absolute Gasteiger partial charge is 0.226 e. The van der Waals surface area contributed by atoms with Crippen LogP contribution in [0.4, 0.5) is 0 Å². The Morgan fingerprint density at radius 2 is 2.12 bits per heavy atom. The Morgan fingerprint density at radius 3 is 2.71 bits per heavy atom. The van der Waals surface area contributed by atoms with Crippen LogP contribution in [0.25, 0.3) is 0 Å². The molecule has 0 bridgehead atoms. The number of carbonyl (C=O) groups is 1. The van der Waals surface area contributed by atoms with Crippen molar-refractivity contribution in [2.75, 3.05) is 19.0 Å². The molecule has 1 unspecified atom stereocenters. The molecule has 1 aromatic carbocycles. The lowest BCUT2D eigenvalue weighted by Gasteiger charge is -2.16. The molecule has 0 aliphatic carbocycles. The lowest BCUT2D eigenvalue weighted by atomic mass is 10.1. The summed E-state index contributed by atoms with van der Waals surface area (Å²) in [6.07, 6.45) is 1.55. The Balaban J connectivity index is 1.91. The number of alkyl halides is 1. The summed E-state index contributed by atoms with van der Waals surface area (Å²) in [5, 5.41) is 0. The second-order valence-electron chi connectivity index (χ2n) is 4.81. The second-order valence-corrected chi connectivity index (χ2v) is 5.12. The Hall–Kier alpha value is -1.02. The van der Waals surface area contributed by atoms with Gasteiger partial charge in [-0.25, -0.2) is 0 Å². The van der Waals surface area contributed by atoms with Gasteiger partial charge in [0.15, 0.2) is 0 Å². The zero-order valence-electron chi connectivity index (χ0n) is 10.2. The van der Waals surface area contributed by atoms with Crippen molar-refractivity contribution in [2.45, 2.75) is 19.8 Å². The molecule has 2 rings (SSSR count). The maximum Gasteiger partial charge on any atom is 0.226 e. The van der Waals surface area contributed by atoms with Gasteiger partial charge in [-0.3, -0.25) is 4.79 Å². The summed E-state index contributed by atoms with van der Waals surface area (Å²) >= 11 is 5.82. The maximum absolute atomic E-state index is 12.0. The summed E-state index contributed by atoms with van der Waals surface area (Å²) in [7, 11) is 0. The monoisotopic (exact) mass is 251 g/mol. The van der Waals surface area contributed by atoms with E-state index in [0.29, 0.717) is 18.2 Å². The number of rotatable bonds is 3. The minimum absolute atomic E-state index is 0.224. The van der Waals surface area contributed by atoms with Crippen LogP contribution in [-0.2, 0) is 11.2 Å². The molecule has 1 heterocycles. The van der Waals surface area contributed by atoms with Gasteiger partial charge in [0.25, 0.3) is 0 Å². The number of aryl methyl sites for hydroxylation is 1. The molecular weight excluding hydrogens is 234 g/mol. The average Bonchev–Trinajstić information content (AvgIpc) is 2.81. The van der Waals surface area contributed by atoms with Crippen molar-refractivity contribution < 1.29 is 4.79 Å². The molecule has 3 heteroatoms. The quantitative estimate of drug-likeness (QED) is 0.757. The summed E-state index contributed by atoms with van der Waals surface area (Å²) in [6.45, 7) is 3.74. The molecule has 1 aromatic rings. The van der Waals surface area contributed by atoms with Gasteiger partial charge < -0.3 is 4.90 Å². The standard InChI is InChI=1S/C14H18ClNO/c1-11-2-4-12(5-3-11)8-14(17)16-7-6-13(9-15)10-16/h2-5,13H,6-10H2,1H3. The number of halogens is 1. The Labute approximate surface area is 108 Å². The first-order valence-corrected chi connectivity index (χ1v) is 6.62. The van der Waals surface area contributed by atoms with E-state index in [0.717, 1.165) is 25.1 Å². The van der Waals surface area contributed by atoms with Crippen LogP contribution in [-0.4, -0.2) is 29.8 Å². The third-order valence-corrected chi connectivity index (χ3v) is 3.77. The molecule has 92 valence electrons. The minimum atomic E-state index is 0.224. The van der Waals surface area contributed by atoms with E-state index in [4.69, 9.17) is 11.6 Å². The molecule has 0 aromatic heterocycles. The number of carbonyl (C=O) groups excluding carboxylic acids is 1. The van der Waals surface area contributed by atoms with Crippen LogP contribution < -0.4 is 0 Å². The highest BCUT2D eigenvalue weighted by atomic mass is 35.5. The van der Waals surface area contributed by atoms with Crippen LogP contribution in [0, 0.1) is 12.8 Å². The number of benzene rings is 1. The summed E-state index contributed by atoms with van der Waals surface area (Å²) in [6, 6.07) is 8.16. The van der Waals surface area contributed by atoms with Crippen LogP contribution in [0.2, 0.25) is 0 Å². The van der Waals surface area contributed by atoms with Crippen molar-refractivity contribution >= 4 is 17.5 Å². The van der Waals surface area contributed by atoms with E-state index in [1.807, 2.05) is 29.2 Å². The molecule has 1 saturated heterocycles. The molecule has 1 atom stereocenters. The first-order valence-electron chi connectivity index (χ1n) is 6.08. The number of likely N-dealkylation sites (tertiary alicyclic amines) is 1. The summed E-state index contributed by atoms with van der Waals surface area (Å²) in [4.78, 5) is 14.0. The summed E-state index contributed by atoms with van der Waals surface area (Å²) in [5.74, 6) is 1.37. The molecule has 1 aliphatic heterocycles. The number of nitrogens with zero attached hydrogens (tertiary/aromatic N) is 1. The minimum Gasteiger partial charge on any atom is -0.342 e. The van der Waals surface area contributed by atoms with Gasteiger partial charge >= 0.3 is 0 Å². The predicted molar refractivity (Wildman–Crippen MR) is 70.3 cm³/mol. The molecule has 0 N–H and O–H groups in total. The fourth-order valence-corrected chi connectivity index (χ4v) is 2.43. The molecule has 0 spiro atoms. The first kappa shape index (κ1) is 12.4. The third-order valence-electron chi connectivity index (χ3n) is 3.33. The summed E-state index contributed by atoms with van der Waals surface area (Å²) < 4.78 is 0. The third kappa shape index (κ3) is 3.22. The lowest BCUT2D eigenvalue weighted by Crippen LogP contribution is -2.30. The van der Waals surface area contributed by atoms with Gasteiger partial charge in [0.2, 0.25) is 5.91 Å². The Morgan fingerprint density at radius 1 is 1.41 bits per heavy atom. The van der Waals surface area contributed by atoms with Crippen LogP contribution in [0.3, 0.4) is 0 Å². The lowest BCUT2D eigenvalue weighted by molar-refractivity contribution is -0.129. The van der Waals surface area contributed by atoms with Gasteiger partial charge in [0, 0.05) is 19.0 Å². The van der Waals surface area contributed by atoms with Crippen LogP contribution >= 0.6 is 11.6 Å². The van der Waals surface area contributed by atoms with Crippen LogP contribution in [0.1, 0.15) is 17.5 Å². The molecule has 17 heavy (non-hydrogen) atoms. The number of amides is 1. The van der Waals surface area contributed by atoms with Gasteiger partial charge in [-0.05, 0) is 24.8 Å². The molecular formula is C14H18ClNO. The topological polar surface area (TPSA) is 20.3 Å². The molecule has 0 radical (unpaired) electrons. The highest BCUT2D eigenvalue weighted by Gasteiger charge is 2.25. The number of hydrogen-bond donors (Lipinski definition) is 0. The Kier molecular flexibility index (Phi) is 4.06. The van der Waals surface area contributed by atoms with E-state index >= 15 is 0 Å². The normalized spacial score (nSPS) is 19.6. The second kappa shape index (κ2) is 5.54. The highest BCUT2D eigenvalue weighted by molar-refractivity contribution is 6.18. The van der Waals surface area contributed by atoms with Crippen LogP contribution in [0.5, 0.6) is 0 Å². The fourth-order valence-electron chi connectivity index (χ4n) is 2.18. The van der Waals surface area contributed by atoms with Crippen molar-refractivity contribution in [3.8, 4) is 0 Å². The Bertz CT molecular complexity index is 388. The highest BCUT2D eigenvalue weighted by Crippen LogP contribution is 2.18. The van der Waals surface area contributed by atoms with Crippen molar-refractivity contribution in [3.05, 3.63) is 35.4 Å². The molecule has 0 saturated carbocycles. The van der Waals surface area contributed by atoms with Crippen molar-refractivity contribution in [2.24, 2.45) is 5.92 Å². The van der Waals surface area contributed by atoms with Crippen molar-refractivity contribution in [1.29, 1.82) is 0 Å². The van der Waals surface area contributed by atoms with E-state index in [1.54, 1.807) is 0 Å². The van der Waals surface area contributed by atoms with Gasteiger partial charge in [0.1, 0.15) is 0 Å². The zero-order valence-corrected chi connectivity index (χ0v) is 10.9. The van der Waals surface area contributed by atoms with Gasteiger partial charge in [-0.15, -0.1) is 11.6 Å². The van der Waals surface area contributed by atoms with E-state index in [2.05, 4.69) is 6.92 Å². The summed E-state index contributed by atoms with van der Waals surface area (Å²) in [5.41, 5.74) is 2.32. The van der Waals surface area contributed by atoms with E-state index in [1.165, 1.54) is 5.56 Å². The first-order chi connectivity index (χ1) is 8.19. The molecule has 2 nitrogen and oxygen atoms in total. The largest absolute Gasteiger partial charge is 0.342 e. The number of hydrogen-bond acceptors (Lipinski definition) is 1. The predicted octanol–water partition coefficient (Wildman–Crippen LogP) is 2.62. The van der Waals surface area contributed by atoms with Crippen molar-refractivity contribution in [3.63, 3.8) is 0 Å². The maximum atomic E-state index is 12.0. The van der Waals surface area contributed by atoms with Crippen LogP contribution in [0.15, 0.2) is 24.3 Å². The van der Waals surface area contributed by atoms with Gasteiger partial charge in [0.05, 0.1) is 6.42 Å². The van der Waals surface area contributed by atoms with E-state index < -0.39 is 0 Å². The molecule has 1 fully saturated rings. The SMILES string of the molecule is Cc1ccc(CC(=O)N2CCC(CCl)C2)cc1. The van der Waals surface area contributed by atoms with Crippen molar-refractivity contribution in [1.82, 2.24) is 4.90 Å². The van der Waals surface area contributed by atoms with Gasteiger partial charge in [-0.2, -0.15) is 0 Å².